The van der Waals surface area contributed by atoms with Crippen LogP contribution < -0.4 is 5.32 Å². The zero-order valence-electron chi connectivity index (χ0n) is 11.7. The molecule has 0 saturated heterocycles. The number of nitro groups is 1. The van der Waals surface area contributed by atoms with Gasteiger partial charge in [-0.1, -0.05) is 32.4 Å². The van der Waals surface area contributed by atoms with E-state index in [1.807, 2.05) is 13.8 Å². The molecule has 1 rings (SSSR count). The molecule has 0 aliphatic rings. The molecule has 106 valence electrons. The largest absolute Gasteiger partial charge is 0.389 e. The van der Waals surface area contributed by atoms with Gasteiger partial charge in [0.15, 0.2) is 0 Å². The van der Waals surface area contributed by atoms with Gasteiger partial charge < -0.3 is 10.4 Å². The standard InChI is InChI=1S/C14H22N2O3/c1-4-11(2)14(3,17)10-15-9-12-5-7-13(8-6-12)16(18)19/h5-8,11,15,17H,4,9-10H2,1-3H3. The van der Waals surface area contributed by atoms with Gasteiger partial charge in [0.1, 0.15) is 0 Å². The number of hydrogen-bond acceptors (Lipinski definition) is 4. The minimum Gasteiger partial charge on any atom is -0.389 e. The van der Waals surface area contributed by atoms with E-state index in [1.165, 1.54) is 12.1 Å². The van der Waals surface area contributed by atoms with Crippen molar-refractivity contribution in [3.8, 4) is 0 Å². The van der Waals surface area contributed by atoms with Crippen LogP contribution in [0.25, 0.3) is 0 Å². The number of nitro benzene ring substituents is 1. The van der Waals surface area contributed by atoms with Gasteiger partial charge in [0.25, 0.3) is 5.69 Å². The maximum Gasteiger partial charge on any atom is 0.269 e. The molecular formula is C14H22N2O3. The summed E-state index contributed by atoms with van der Waals surface area (Å²) in [5, 5.41) is 23.9. The number of rotatable bonds is 7. The van der Waals surface area contributed by atoms with Gasteiger partial charge in [-0.25, -0.2) is 0 Å². The van der Waals surface area contributed by atoms with E-state index in [0.29, 0.717) is 13.1 Å². The van der Waals surface area contributed by atoms with E-state index in [1.54, 1.807) is 12.1 Å². The Morgan fingerprint density at radius 1 is 1.42 bits per heavy atom. The van der Waals surface area contributed by atoms with Gasteiger partial charge in [-0.15, -0.1) is 0 Å². The van der Waals surface area contributed by atoms with E-state index in [4.69, 9.17) is 0 Å². The molecule has 0 bridgehead atoms. The lowest BCUT2D eigenvalue weighted by Gasteiger charge is -2.30. The fourth-order valence-electron chi connectivity index (χ4n) is 1.81. The average molecular weight is 266 g/mol. The van der Waals surface area contributed by atoms with Crippen molar-refractivity contribution in [2.75, 3.05) is 6.54 Å². The summed E-state index contributed by atoms with van der Waals surface area (Å²) in [6.45, 7) is 6.98. The Labute approximate surface area is 113 Å². The van der Waals surface area contributed by atoms with Crippen molar-refractivity contribution in [3.05, 3.63) is 39.9 Å². The first-order chi connectivity index (χ1) is 8.86. The van der Waals surface area contributed by atoms with E-state index in [9.17, 15) is 15.2 Å². The number of nitrogens with one attached hydrogen (secondary N) is 1. The van der Waals surface area contributed by atoms with Gasteiger partial charge in [-0.05, 0) is 18.4 Å². The summed E-state index contributed by atoms with van der Waals surface area (Å²) < 4.78 is 0. The number of aliphatic hydroxyl groups is 1. The second kappa shape index (κ2) is 6.63. The Morgan fingerprint density at radius 3 is 2.47 bits per heavy atom. The SMILES string of the molecule is CCC(C)C(C)(O)CNCc1ccc([N+](=O)[O-])cc1. The molecule has 0 aliphatic heterocycles. The van der Waals surface area contributed by atoms with Crippen LogP contribution in [-0.2, 0) is 6.54 Å². The quantitative estimate of drug-likeness (QED) is 0.587. The molecule has 0 saturated carbocycles. The van der Waals surface area contributed by atoms with Crippen LogP contribution >= 0.6 is 0 Å². The Bertz CT molecular complexity index is 415. The van der Waals surface area contributed by atoms with Crippen LogP contribution in [0.2, 0.25) is 0 Å². The molecule has 1 aromatic rings. The third kappa shape index (κ3) is 4.61. The highest BCUT2D eigenvalue weighted by Gasteiger charge is 2.26. The van der Waals surface area contributed by atoms with E-state index in [2.05, 4.69) is 12.2 Å². The molecule has 5 heteroatoms. The van der Waals surface area contributed by atoms with Crippen LogP contribution in [0.5, 0.6) is 0 Å². The number of non-ortho nitro benzene ring substituents is 1. The summed E-state index contributed by atoms with van der Waals surface area (Å²) in [5.74, 6) is 0.219. The Morgan fingerprint density at radius 2 is 2.00 bits per heavy atom. The van der Waals surface area contributed by atoms with Crippen LogP contribution in [0.15, 0.2) is 24.3 Å². The van der Waals surface area contributed by atoms with Crippen molar-refractivity contribution in [2.45, 2.75) is 39.3 Å². The molecule has 2 N–H and O–H groups in total. The summed E-state index contributed by atoms with van der Waals surface area (Å²) in [4.78, 5) is 10.1. The summed E-state index contributed by atoms with van der Waals surface area (Å²) in [7, 11) is 0. The van der Waals surface area contributed by atoms with E-state index in [-0.39, 0.29) is 11.6 Å². The van der Waals surface area contributed by atoms with Gasteiger partial charge in [0.2, 0.25) is 0 Å². The van der Waals surface area contributed by atoms with Crippen LogP contribution in [0, 0.1) is 16.0 Å². The molecule has 0 aliphatic carbocycles. The molecule has 5 nitrogen and oxygen atoms in total. The first-order valence-corrected chi connectivity index (χ1v) is 6.53. The number of hydrogen-bond donors (Lipinski definition) is 2. The maximum atomic E-state index is 10.5. The normalized spacial score (nSPS) is 15.8. The van der Waals surface area contributed by atoms with E-state index < -0.39 is 10.5 Å². The molecule has 2 unspecified atom stereocenters. The topological polar surface area (TPSA) is 75.4 Å². The lowest BCUT2D eigenvalue weighted by Crippen LogP contribution is -2.42. The summed E-state index contributed by atoms with van der Waals surface area (Å²) in [6.07, 6.45) is 0.923. The molecule has 0 aromatic heterocycles. The van der Waals surface area contributed by atoms with Gasteiger partial charge in [-0.3, -0.25) is 10.1 Å². The molecule has 19 heavy (non-hydrogen) atoms. The molecule has 0 heterocycles. The number of benzene rings is 1. The van der Waals surface area contributed by atoms with Crippen molar-refractivity contribution < 1.29 is 10.0 Å². The highest BCUT2D eigenvalue weighted by Crippen LogP contribution is 2.19. The first kappa shape index (κ1) is 15.6. The third-order valence-electron chi connectivity index (χ3n) is 3.63. The zero-order chi connectivity index (χ0) is 14.5. The van der Waals surface area contributed by atoms with Crippen molar-refractivity contribution in [1.82, 2.24) is 5.32 Å². The van der Waals surface area contributed by atoms with Gasteiger partial charge in [-0.2, -0.15) is 0 Å². The summed E-state index contributed by atoms with van der Waals surface area (Å²) in [5.41, 5.74) is 0.316. The first-order valence-electron chi connectivity index (χ1n) is 6.53. The number of nitrogens with zero attached hydrogens (tertiary/aromatic N) is 1. The summed E-state index contributed by atoms with van der Waals surface area (Å²) in [6, 6.07) is 6.43. The minimum absolute atomic E-state index is 0.0929. The third-order valence-corrected chi connectivity index (χ3v) is 3.63. The van der Waals surface area contributed by atoms with Crippen LogP contribution in [-0.4, -0.2) is 22.2 Å². The average Bonchev–Trinajstić information content (AvgIpc) is 2.38. The second-order valence-electron chi connectivity index (χ2n) is 5.19. The van der Waals surface area contributed by atoms with Crippen molar-refractivity contribution in [1.29, 1.82) is 0 Å². The molecule has 0 radical (unpaired) electrons. The highest BCUT2D eigenvalue weighted by atomic mass is 16.6. The van der Waals surface area contributed by atoms with Crippen molar-refractivity contribution >= 4 is 5.69 Å². The van der Waals surface area contributed by atoms with Gasteiger partial charge >= 0.3 is 0 Å². The fourth-order valence-corrected chi connectivity index (χ4v) is 1.81. The molecule has 1 aromatic carbocycles. The lowest BCUT2D eigenvalue weighted by atomic mass is 9.88. The van der Waals surface area contributed by atoms with E-state index >= 15 is 0 Å². The van der Waals surface area contributed by atoms with E-state index in [0.717, 1.165) is 12.0 Å². The predicted octanol–water partition coefficient (Wildman–Crippen LogP) is 2.48. The zero-order valence-corrected chi connectivity index (χ0v) is 11.7. The molecule has 0 fully saturated rings. The van der Waals surface area contributed by atoms with Gasteiger partial charge in [0, 0.05) is 25.2 Å². The molecule has 0 spiro atoms. The van der Waals surface area contributed by atoms with Crippen LogP contribution in [0.1, 0.15) is 32.8 Å². The van der Waals surface area contributed by atoms with Crippen molar-refractivity contribution in [2.24, 2.45) is 5.92 Å². The highest BCUT2D eigenvalue weighted by molar-refractivity contribution is 5.32. The summed E-state index contributed by atoms with van der Waals surface area (Å²) >= 11 is 0. The molecule has 0 amide bonds. The lowest BCUT2D eigenvalue weighted by molar-refractivity contribution is -0.384. The Balaban J connectivity index is 2.47. The minimum atomic E-state index is -0.741. The van der Waals surface area contributed by atoms with Crippen LogP contribution in [0.4, 0.5) is 5.69 Å². The maximum absolute atomic E-state index is 10.5. The molecular weight excluding hydrogens is 244 g/mol. The van der Waals surface area contributed by atoms with Crippen molar-refractivity contribution in [3.63, 3.8) is 0 Å². The Kier molecular flexibility index (Phi) is 5.44. The molecule has 2 atom stereocenters. The second-order valence-corrected chi connectivity index (χ2v) is 5.19. The van der Waals surface area contributed by atoms with Crippen LogP contribution in [0.3, 0.4) is 0 Å². The predicted molar refractivity (Wildman–Crippen MR) is 74.9 cm³/mol. The fraction of sp³-hybridized carbons (Fsp3) is 0.571. The Hall–Kier alpha value is -1.46. The smallest absolute Gasteiger partial charge is 0.269 e. The van der Waals surface area contributed by atoms with Gasteiger partial charge in [0.05, 0.1) is 10.5 Å². The monoisotopic (exact) mass is 266 g/mol.